The summed E-state index contributed by atoms with van der Waals surface area (Å²) >= 11 is 0. The molecule has 9 nitrogen and oxygen atoms in total. The van der Waals surface area contributed by atoms with Crippen LogP contribution in [0.25, 0.3) is 0 Å². The van der Waals surface area contributed by atoms with Gasteiger partial charge in [-0.05, 0) is 54.6 Å². The maximum Gasteiger partial charge on any atom is 0.309 e. The zero-order valence-corrected chi connectivity index (χ0v) is 21.7. The first-order valence-corrected chi connectivity index (χ1v) is 13.2. The summed E-state index contributed by atoms with van der Waals surface area (Å²) in [7, 11) is 0. The first-order valence-electron chi connectivity index (χ1n) is 13.2. The van der Waals surface area contributed by atoms with Gasteiger partial charge in [-0.1, -0.05) is 45.4 Å². The van der Waals surface area contributed by atoms with Crippen molar-refractivity contribution < 1.29 is 19.2 Å². The molecule has 6 atom stereocenters. The molecule has 0 aromatic heterocycles. The number of carbonyl (C=O) groups excluding carboxylic acids is 4. The Hall–Kier alpha value is -3.41. The van der Waals surface area contributed by atoms with E-state index in [0.29, 0.717) is 17.5 Å². The molecule has 2 aliphatic carbocycles. The summed E-state index contributed by atoms with van der Waals surface area (Å²) in [5.41, 5.74) is 0.112. The first kappa shape index (κ1) is 25.2. The monoisotopic (exact) mass is 505 g/mol. The molecule has 196 valence electrons. The molecule has 9 heteroatoms. The van der Waals surface area contributed by atoms with Gasteiger partial charge in [-0.3, -0.25) is 19.2 Å². The van der Waals surface area contributed by atoms with E-state index < -0.39 is 35.2 Å². The lowest BCUT2D eigenvalue weighted by Crippen LogP contribution is -2.55. The number of benzene rings is 1. The van der Waals surface area contributed by atoms with E-state index in [1.54, 1.807) is 0 Å². The van der Waals surface area contributed by atoms with E-state index in [0.717, 1.165) is 24.8 Å². The Morgan fingerprint density at radius 1 is 1.19 bits per heavy atom. The molecule has 3 N–H and O–H groups in total. The lowest BCUT2D eigenvalue weighted by atomic mass is 9.80. The van der Waals surface area contributed by atoms with E-state index in [9.17, 15) is 24.4 Å². The van der Waals surface area contributed by atoms with Crippen molar-refractivity contribution in [2.45, 2.75) is 82.8 Å². The first-order chi connectivity index (χ1) is 17.5. The van der Waals surface area contributed by atoms with Crippen molar-refractivity contribution in [2.75, 3.05) is 11.9 Å². The van der Waals surface area contributed by atoms with E-state index in [2.05, 4.69) is 22.0 Å². The number of nitrogens with one attached hydrogen (secondary N) is 3. The highest BCUT2D eigenvalue weighted by molar-refractivity contribution is 6.35. The van der Waals surface area contributed by atoms with Gasteiger partial charge in [-0.2, -0.15) is 5.26 Å². The molecule has 1 saturated heterocycles. The van der Waals surface area contributed by atoms with Gasteiger partial charge in [0.25, 0.3) is 0 Å². The predicted molar refractivity (Wildman–Crippen MR) is 136 cm³/mol. The van der Waals surface area contributed by atoms with Gasteiger partial charge in [-0.15, -0.1) is 0 Å². The number of rotatable bonds is 4. The summed E-state index contributed by atoms with van der Waals surface area (Å²) in [5, 5.41) is 18.4. The summed E-state index contributed by atoms with van der Waals surface area (Å²) in [6.45, 7) is 5.88. The number of nitrogens with zero attached hydrogens (tertiary/aromatic N) is 2. The number of hydrogen-bond donors (Lipinski definition) is 3. The van der Waals surface area contributed by atoms with Crippen molar-refractivity contribution in [3.63, 3.8) is 0 Å². The fourth-order valence-electron chi connectivity index (χ4n) is 6.88. The predicted octanol–water partition coefficient (Wildman–Crippen LogP) is 2.23. The Morgan fingerprint density at radius 2 is 1.95 bits per heavy atom. The third-order valence-corrected chi connectivity index (χ3v) is 8.60. The van der Waals surface area contributed by atoms with Crippen LogP contribution >= 0.6 is 0 Å². The van der Waals surface area contributed by atoms with Crippen molar-refractivity contribution in [3.8, 4) is 6.07 Å². The molecule has 5 rings (SSSR count). The maximum absolute atomic E-state index is 13.9. The van der Waals surface area contributed by atoms with Crippen molar-refractivity contribution in [1.29, 1.82) is 5.26 Å². The molecule has 1 aromatic carbocycles. The molecule has 4 aliphatic rings. The van der Waals surface area contributed by atoms with Crippen LogP contribution in [0.15, 0.2) is 24.3 Å². The van der Waals surface area contributed by atoms with Gasteiger partial charge >= 0.3 is 11.8 Å². The number of nitriles is 1. The van der Waals surface area contributed by atoms with Gasteiger partial charge in [0, 0.05) is 24.7 Å². The standard InChI is InChI=1S/C28H35N5O4/c1-27(2,3)13-22(31-24(35)23(34)30-21-11-16-8-9-17(21)10-16)25(36)33-15-28(12-18(33)14-29)19-6-4-5-7-20(19)32-26(28)37/h4-7,16-18,21-22H,8-13,15H2,1-3H3,(H,30,34)(H,31,35)(H,32,37)/t16?,17?,18-,21-,22-,28-/m0/s1. The number of para-hydroxylation sites is 1. The molecule has 4 amide bonds. The average molecular weight is 506 g/mol. The van der Waals surface area contributed by atoms with Crippen LogP contribution in [0.1, 0.15) is 64.9 Å². The second-order valence-corrected chi connectivity index (χ2v) is 12.4. The molecular formula is C28H35N5O4. The molecule has 2 unspecified atom stereocenters. The maximum atomic E-state index is 13.9. The van der Waals surface area contributed by atoms with E-state index >= 15 is 0 Å². The minimum Gasteiger partial charge on any atom is -0.345 e. The number of hydrogen-bond acceptors (Lipinski definition) is 5. The van der Waals surface area contributed by atoms with Crippen LogP contribution < -0.4 is 16.0 Å². The van der Waals surface area contributed by atoms with Crippen LogP contribution in [0, 0.1) is 28.6 Å². The van der Waals surface area contributed by atoms with E-state index in [4.69, 9.17) is 0 Å². The highest BCUT2D eigenvalue weighted by atomic mass is 16.2. The van der Waals surface area contributed by atoms with E-state index in [-0.39, 0.29) is 36.8 Å². The third-order valence-electron chi connectivity index (χ3n) is 8.60. The Labute approximate surface area is 217 Å². The van der Waals surface area contributed by atoms with Crippen LogP contribution in [0.5, 0.6) is 0 Å². The van der Waals surface area contributed by atoms with Crippen molar-refractivity contribution in [3.05, 3.63) is 29.8 Å². The average Bonchev–Trinajstić information content (AvgIpc) is 3.61. The molecule has 2 aliphatic heterocycles. The van der Waals surface area contributed by atoms with Crippen molar-refractivity contribution in [2.24, 2.45) is 17.3 Å². The molecule has 3 fully saturated rings. The fourth-order valence-corrected chi connectivity index (χ4v) is 6.88. The lowest BCUT2D eigenvalue weighted by molar-refractivity contribution is -0.143. The number of carbonyl (C=O) groups is 4. The Morgan fingerprint density at radius 3 is 2.59 bits per heavy atom. The summed E-state index contributed by atoms with van der Waals surface area (Å²) in [6.07, 6.45) is 4.72. The molecule has 2 saturated carbocycles. The normalized spacial score (nSPS) is 30.5. The zero-order valence-electron chi connectivity index (χ0n) is 21.7. The molecule has 2 heterocycles. The minimum atomic E-state index is -1.01. The minimum absolute atomic E-state index is 0.0103. The zero-order chi connectivity index (χ0) is 26.5. The van der Waals surface area contributed by atoms with Crippen LogP contribution in [0.2, 0.25) is 0 Å². The Bertz CT molecular complexity index is 1180. The van der Waals surface area contributed by atoms with Gasteiger partial charge < -0.3 is 20.9 Å². The lowest BCUT2D eigenvalue weighted by Gasteiger charge is -2.31. The molecule has 1 spiro atoms. The van der Waals surface area contributed by atoms with Crippen molar-refractivity contribution >= 4 is 29.3 Å². The topological polar surface area (TPSA) is 131 Å². The second kappa shape index (κ2) is 9.16. The number of likely N-dealkylation sites (tertiary alicyclic amines) is 1. The number of fused-ring (bicyclic) bond motifs is 4. The number of anilines is 1. The van der Waals surface area contributed by atoms with Gasteiger partial charge in [-0.25, -0.2) is 0 Å². The van der Waals surface area contributed by atoms with E-state index in [1.807, 2.05) is 45.0 Å². The van der Waals surface area contributed by atoms with Crippen LogP contribution in [-0.2, 0) is 24.6 Å². The van der Waals surface area contributed by atoms with Gasteiger partial charge in [0.05, 0.1) is 11.5 Å². The fraction of sp³-hybridized carbons (Fsp3) is 0.607. The highest BCUT2D eigenvalue weighted by Gasteiger charge is 2.56. The van der Waals surface area contributed by atoms with Gasteiger partial charge in [0.15, 0.2) is 0 Å². The molecule has 2 bridgehead atoms. The molecule has 1 aromatic rings. The van der Waals surface area contributed by atoms with Crippen LogP contribution in [-0.4, -0.2) is 53.2 Å². The largest absolute Gasteiger partial charge is 0.345 e. The Balaban J connectivity index is 1.34. The summed E-state index contributed by atoms with van der Waals surface area (Å²) in [6, 6.07) is 7.70. The SMILES string of the molecule is CC(C)(C)C[C@H](NC(=O)C(=O)N[C@H]1CC2CCC1C2)C(=O)N1C[C@]2(C[C@H]1C#N)C(=O)Nc1ccccc12. The quantitative estimate of drug-likeness (QED) is 0.540. The van der Waals surface area contributed by atoms with Gasteiger partial charge in [0.2, 0.25) is 11.8 Å². The smallest absolute Gasteiger partial charge is 0.309 e. The van der Waals surface area contributed by atoms with E-state index in [1.165, 1.54) is 11.3 Å². The van der Waals surface area contributed by atoms with Gasteiger partial charge in [0.1, 0.15) is 12.1 Å². The Kier molecular flexibility index (Phi) is 6.25. The number of amides is 4. The highest BCUT2D eigenvalue weighted by Crippen LogP contribution is 2.47. The molecule has 37 heavy (non-hydrogen) atoms. The summed E-state index contributed by atoms with van der Waals surface area (Å²) < 4.78 is 0. The van der Waals surface area contributed by atoms with Crippen LogP contribution in [0.3, 0.4) is 0 Å². The second-order valence-electron chi connectivity index (χ2n) is 12.4. The van der Waals surface area contributed by atoms with Crippen LogP contribution in [0.4, 0.5) is 5.69 Å². The summed E-state index contributed by atoms with van der Waals surface area (Å²) in [4.78, 5) is 54.1. The molecular weight excluding hydrogens is 470 g/mol. The third kappa shape index (κ3) is 4.58. The van der Waals surface area contributed by atoms with Crippen molar-refractivity contribution in [1.82, 2.24) is 15.5 Å². The molecule has 0 radical (unpaired) electrons. The summed E-state index contributed by atoms with van der Waals surface area (Å²) in [5.74, 6) is -1.19.